The fraction of sp³-hybridized carbons (Fsp3) is 0.154. The van der Waals surface area contributed by atoms with Crippen LogP contribution in [0.4, 0.5) is 5.69 Å². The summed E-state index contributed by atoms with van der Waals surface area (Å²) in [5.74, 6) is 0.871. The Bertz CT molecular complexity index is 361. The summed E-state index contributed by atoms with van der Waals surface area (Å²) in [7, 11) is 0. The van der Waals surface area contributed by atoms with Gasteiger partial charge in [0.15, 0.2) is 0 Å². The van der Waals surface area contributed by atoms with E-state index in [9.17, 15) is 0 Å². The van der Waals surface area contributed by atoms with Crippen LogP contribution in [0.1, 0.15) is 0 Å². The molecule has 0 spiro atoms. The van der Waals surface area contributed by atoms with Crippen molar-refractivity contribution in [3.05, 3.63) is 54.9 Å². The number of pyridine rings is 1. The predicted molar refractivity (Wildman–Crippen MR) is 63.5 cm³/mol. The number of benzene rings is 1. The molecule has 2 rings (SSSR count). The Morgan fingerprint density at radius 2 is 1.88 bits per heavy atom. The van der Waals surface area contributed by atoms with E-state index in [1.165, 1.54) is 0 Å². The molecule has 0 aliphatic carbocycles. The predicted octanol–water partition coefficient (Wildman–Crippen LogP) is 2.37. The van der Waals surface area contributed by atoms with Crippen LogP contribution in [0.25, 0.3) is 0 Å². The van der Waals surface area contributed by atoms with Crippen molar-refractivity contribution >= 4 is 5.69 Å². The molecule has 3 heteroatoms. The number of hydrogen-bond acceptors (Lipinski definition) is 3. The van der Waals surface area contributed by atoms with Gasteiger partial charge in [-0.3, -0.25) is 4.98 Å². The second-order valence-corrected chi connectivity index (χ2v) is 3.25. The molecule has 2 aromatic rings. The van der Waals surface area contributed by atoms with Crippen molar-refractivity contribution in [2.75, 3.05) is 18.5 Å². The summed E-state index contributed by atoms with van der Waals surface area (Å²) in [6.07, 6.45) is 3.52. The van der Waals surface area contributed by atoms with E-state index in [1.54, 1.807) is 12.4 Å². The van der Waals surface area contributed by atoms with Crippen LogP contribution in [0.3, 0.4) is 0 Å². The van der Waals surface area contributed by atoms with E-state index in [-0.39, 0.29) is 0 Å². The van der Waals surface area contributed by atoms with Crippen LogP contribution in [0.15, 0.2) is 48.8 Å². The van der Waals surface area contributed by atoms with Crippen LogP contribution in [0.2, 0.25) is 0 Å². The van der Waals surface area contributed by atoms with E-state index in [2.05, 4.69) is 16.4 Å². The van der Waals surface area contributed by atoms with Crippen molar-refractivity contribution in [3.63, 3.8) is 0 Å². The molecule has 0 saturated carbocycles. The van der Waals surface area contributed by atoms with Crippen molar-refractivity contribution in [1.82, 2.24) is 4.98 Å². The third-order valence-electron chi connectivity index (χ3n) is 2.07. The fourth-order valence-electron chi connectivity index (χ4n) is 1.30. The van der Waals surface area contributed by atoms with Crippen LogP contribution in [0, 0.1) is 6.07 Å². The van der Waals surface area contributed by atoms with Crippen LogP contribution in [-0.2, 0) is 0 Å². The zero-order valence-electron chi connectivity index (χ0n) is 8.89. The second kappa shape index (κ2) is 5.75. The van der Waals surface area contributed by atoms with Crippen molar-refractivity contribution in [2.45, 2.75) is 0 Å². The molecule has 1 N–H and O–H groups in total. The largest absolute Gasteiger partial charge is 0.492 e. The van der Waals surface area contributed by atoms with Crippen LogP contribution >= 0.6 is 0 Å². The highest BCUT2D eigenvalue weighted by atomic mass is 16.5. The van der Waals surface area contributed by atoms with Gasteiger partial charge in [-0.25, -0.2) is 0 Å². The molecule has 0 amide bonds. The minimum Gasteiger partial charge on any atom is -0.492 e. The Kier molecular flexibility index (Phi) is 3.77. The summed E-state index contributed by atoms with van der Waals surface area (Å²) >= 11 is 0. The Labute approximate surface area is 95.1 Å². The topological polar surface area (TPSA) is 34.1 Å². The maximum atomic E-state index is 5.53. The molecule has 0 aliphatic rings. The zero-order valence-corrected chi connectivity index (χ0v) is 8.89. The molecule has 0 saturated heterocycles. The van der Waals surface area contributed by atoms with Gasteiger partial charge in [0.25, 0.3) is 0 Å². The van der Waals surface area contributed by atoms with Gasteiger partial charge in [0.2, 0.25) is 0 Å². The molecule has 1 aromatic heterocycles. The molecule has 16 heavy (non-hydrogen) atoms. The first-order chi connectivity index (χ1) is 7.95. The molecule has 1 radical (unpaired) electrons. The van der Waals surface area contributed by atoms with Crippen molar-refractivity contribution < 1.29 is 4.74 Å². The number of nitrogens with zero attached hydrogens (tertiary/aromatic N) is 1. The van der Waals surface area contributed by atoms with E-state index in [4.69, 9.17) is 4.74 Å². The van der Waals surface area contributed by atoms with E-state index >= 15 is 0 Å². The highest BCUT2D eigenvalue weighted by Crippen LogP contribution is 2.07. The first-order valence-electron chi connectivity index (χ1n) is 5.18. The summed E-state index contributed by atoms with van der Waals surface area (Å²) in [6.45, 7) is 1.40. The molecule has 0 bridgehead atoms. The lowest BCUT2D eigenvalue weighted by Gasteiger charge is -2.07. The summed E-state index contributed by atoms with van der Waals surface area (Å²) < 4.78 is 5.53. The fourth-order valence-corrected chi connectivity index (χ4v) is 1.30. The van der Waals surface area contributed by atoms with E-state index in [0.29, 0.717) is 6.61 Å². The van der Waals surface area contributed by atoms with Crippen molar-refractivity contribution in [1.29, 1.82) is 0 Å². The maximum absolute atomic E-state index is 5.53. The standard InChI is InChI=1S/C13H13N2O/c1-2-4-13(5-3-1)16-11-10-15-12-6-8-14-9-7-12/h2-9H,10-11H2,(H,14,15). The van der Waals surface area contributed by atoms with Crippen LogP contribution in [-0.4, -0.2) is 18.1 Å². The molecule has 0 unspecified atom stereocenters. The van der Waals surface area contributed by atoms with Gasteiger partial charge in [-0.05, 0) is 30.3 Å². The monoisotopic (exact) mass is 213 g/mol. The summed E-state index contributed by atoms with van der Waals surface area (Å²) in [4.78, 5) is 3.95. The lowest BCUT2D eigenvalue weighted by molar-refractivity contribution is 0.333. The highest BCUT2D eigenvalue weighted by Gasteiger charge is 1.92. The molecule has 0 aliphatic heterocycles. The average molecular weight is 213 g/mol. The summed E-state index contributed by atoms with van der Waals surface area (Å²) in [5.41, 5.74) is 1.06. The van der Waals surface area contributed by atoms with Gasteiger partial charge < -0.3 is 10.1 Å². The molecule has 0 fully saturated rings. The molecule has 81 valence electrons. The normalized spacial score (nSPS) is 9.75. The average Bonchev–Trinajstić information content (AvgIpc) is 2.37. The molecular formula is C13H13N2O. The molecule has 3 nitrogen and oxygen atoms in total. The van der Waals surface area contributed by atoms with Crippen molar-refractivity contribution in [2.24, 2.45) is 0 Å². The molecule has 0 atom stereocenters. The number of ether oxygens (including phenoxy) is 1. The van der Waals surface area contributed by atoms with E-state index in [0.717, 1.165) is 18.0 Å². The van der Waals surface area contributed by atoms with Gasteiger partial charge in [0.05, 0.1) is 0 Å². The quantitative estimate of drug-likeness (QED) is 0.774. The Morgan fingerprint density at radius 3 is 2.62 bits per heavy atom. The second-order valence-electron chi connectivity index (χ2n) is 3.25. The number of hydrogen-bond donors (Lipinski definition) is 1. The maximum Gasteiger partial charge on any atom is 0.119 e. The lowest BCUT2D eigenvalue weighted by atomic mass is 10.3. The number of aromatic nitrogens is 1. The van der Waals surface area contributed by atoms with Crippen molar-refractivity contribution in [3.8, 4) is 5.75 Å². The SMILES string of the molecule is [c]1ccc(OCCNc2ccncc2)cc1. The van der Waals surface area contributed by atoms with E-state index in [1.807, 2.05) is 36.4 Å². The Morgan fingerprint density at radius 1 is 1.12 bits per heavy atom. The van der Waals surface area contributed by atoms with Gasteiger partial charge in [-0.1, -0.05) is 12.1 Å². The van der Waals surface area contributed by atoms with Gasteiger partial charge in [-0.2, -0.15) is 0 Å². The molecule has 1 heterocycles. The third kappa shape index (κ3) is 3.28. The number of anilines is 1. The smallest absolute Gasteiger partial charge is 0.119 e. The first-order valence-corrected chi connectivity index (χ1v) is 5.18. The van der Waals surface area contributed by atoms with Gasteiger partial charge in [0.1, 0.15) is 12.4 Å². The highest BCUT2D eigenvalue weighted by molar-refractivity contribution is 5.40. The zero-order chi connectivity index (χ0) is 11.1. The number of rotatable bonds is 5. The first kappa shape index (κ1) is 10.5. The van der Waals surface area contributed by atoms with Crippen LogP contribution in [0.5, 0.6) is 5.75 Å². The van der Waals surface area contributed by atoms with E-state index < -0.39 is 0 Å². The number of nitrogens with one attached hydrogen (secondary N) is 1. The molecule has 1 aromatic carbocycles. The van der Waals surface area contributed by atoms with Gasteiger partial charge in [-0.15, -0.1) is 0 Å². The Hall–Kier alpha value is -2.03. The summed E-state index contributed by atoms with van der Waals surface area (Å²) in [6, 6.07) is 14.3. The third-order valence-corrected chi connectivity index (χ3v) is 2.07. The molecular weight excluding hydrogens is 200 g/mol. The minimum atomic E-state index is 0.631. The minimum absolute atomic E-state index is 0.631. The van der Waals surface area contributed by atoms with Gasteiger partial charge in [0, 0.05) is 24.6 Å². The van der Waals surface area contributed by atoms with Crippen LogP contribution < -0.4 is 10.1 Å². The Balaban J connectivity index is 1.70. The van der Waals surface area contributed by atoms with Gasteiger partial charge >= 0.3 is 0 Å². The summed E-state index contributed by atoms with van der Waals surface area (Å²) in [5, 5.41) is 3.24. The lowest BCUT2D eigenvalue weighted by Crippen LogP contribution is -2.11.